The third kappa shape index (κ3) is 9.67. The van der Waals surface area contributed by atoms with Gasteiger partial charge in [0.15, 0.2) is 0 Å². The molecule has 5 heterocycles. The summed E-state index contributed by atoms with van der Waals surface area (Å²) in [5.74, 6) is -1.72. The Hall–Kier alpha value is -8.77. The Kier molecular flexibility index (Phi) is 14.5. The molecule has 1 N–H and O–H groups in total. The van der Waals surface area contributed by atoms with Crippen LogP contribution in [-0.4, -0.2) is 20.7 Å². The van der Waals surface area contributed by atoms with E-state index in [9.17, 15) is 0 Å². The number of anilines is 11. The summed E-state index contributed by atoms with van der Waals surface area (Å²) in [4.78, 5) is 6.01. The molecule has 13 heteroatoms. The second-order valence-corrected chi connectivity index (χ2v) is 31.0. The molecule has 0 fully saturated rings. The van der Waals surface area contributed by atoms with Gasteiger partial charge in [-0.05, 0) is 229 Å². The molecule has 3 aliphatic heterocycles. The van der Waals surface area contributed by atoms with Crippen LogP contribution in [0.1, 0.15) is 103 Å². The summed E-state index contributed by atoms with van der Waals surface area (Å²) >= 11 is 3.64. The van der Waals surface area contributed by atoms with Gasteiger partial charge in [-0.2, -0.15) is 0 Å². The number of aryl methyl sites for hydroxylation is 9. The molecule has 0 saturated carbocycles. The van der Waals surface area contributed by atoms with Gasteiger partial charge in [-0.25, -0.2) is 17.6 Å². The number of rotatable bonds is 8. The van der Waals surface area contributed by atoms with E-state index in [1.807, 2.05) is 75.4 Å². The van der Waals surface area contributed by atoms with Crippen molar-refractivity contribution in [2.24, 2.45) is 0 Å². The van der Waals surface area contributed by atoms with Crippen LogP contribution in [0.4, 0.5) is 80.1 Å². The van der Waals surface area contributed by atoms with E-state index in [1.165, 1.54) is 55.2 Å². The maximum Gasteiger partial charge on any atom is 0.259 e. The zero-order chi connectivity index (χ0) is 66.0. The molecule has 0 saturated heterocycles. The topological polar surface area (TPSA) is 21.8 Å². The lowest BCUT2D eigenvalue weighted by atomic mass is 9.31. The van der Waals surface area contributed by atoms with E-state index in [4.69, 9.17) is 0 Å². The third-order valence-corrected chi connectivity index (χ3v) is 22.8. The Labute approximate surface area is 559 Å². The highest BCUT2D eigenvalue weighted by atomic mass is 32.1. The first-order chi connectivity index (χ1) is 44.7. The van der Waals surface area contributed by atoms with Crippen molar-refractivity contribution in [3.8, 4) is 0 Å². The number of nitrogens with zero attached hydrogens (tertiary/aromatic N) is 3. The van der Waals surface area contributed by atoms with Gasteiger partial charge >= 0.3 is 0 Å². The second-order valence-electron chi connectivity index (χ2n) is 28.8. The summed E-state index contributed by atoms with van der Waals surface area (Å²) in [5, 5.41) is 6.33. The lowest BCUT2D eigenvalue weighted by Gasteiger charge is -2.43. The Bertz CT molecular complexity index is 5090. The molecule has 3 aliphatic rings. The zero-order valence-electron chi connectivity index (χ0n) is 56.0. The van der Waals surface area contributed by atoms with Gasteiger partial charge in [-0.15, -0.1) is 22.7 Å². The fourth-order valence-electron chi connectivity index (χ4n) is 15.5. The minimum atomic E-state index is -0.509. The maximum atomic E-state index is 17.8. The molecule has 15 rings (SSSR count). The molecule has 0 spiro atoms. The van der Waals surface area contributed by atoms with Gasteiger partial charge < -0.3 is 20.0 Å². The molecule has 0 bridgehead atoms. The number of halogens is 4. The minimum Gasteiger partial charge on any atom is -0.356 e. The molecule has 4 nitrogen and oxygen atoms in total. The Morgan fingerprint density at radius 1 is 0.436 bits per heavy atom. The van der Waals surface area contributed by atoms with Crippen molar-refractivity contribution in [3.05, 3.63) is 242 Å². The highest BCUT2D eigenvalue weighted by Gasteiger charge is 2.47. The van der Waals surface area contributed by atoms with E-state index in [0.29, 0.717) is 46.7 Å². The summed E-state index contributed by atoms with van der Waals surface area (Å²) in [5.41, 5.74) is 23.9. The van der Waals surface area contributed by atoms with Gasteiger partial charge in [-0.1, -0.05) is 148 Å². The van der Waals surface area contributed by atoms with Crippen molar-refractivity contribution >= 4 is 168 Å². The van der Waals surface area contributed by atoms with Gasteiger partial charge in [-0.3, -0.25) is 0 Å². The number of hydrogen-bond donors (Lipinski definition) is 1. The SMILES string of the molecule is Cc1cc(C)c2c(c1)N(c1c(C)cccc1F)c1c(sc3ccc(C(C)(C)C)cc13)B2c1cc2c(cc1C)N(c1c(C)cccc1F)c1cc(N(c3c(C)cccc3F)c3c(C)cccc3F)cc3c1B2c1cc(Bc2sc4ccc(C(C)(C)C)cc4c2C)c(C)cc1N3. The lowest BCUT2D eigenvalue weighted by Crippen LogP contribution is -2.63. The molecule has 0 radical (unpaired) electrons. The fraction of sp³-hybridized carbons (Fsp3) is 0.210. The van der Waals surface area contributed by atoms with Gasteiger partial charge in [0.25, 0.3) is 13.4 Å². The van der Waals surface area contributed by atoms with Crippen LogP contribution >= 0.6 is 22.7 Å². The number of para-hydroxylation sites is 4. The summed E-state index contributed by atoms with van der Waals surface area (Å²) < 4.78 is 73.8. The van der Waals surface area contributed by atoms with Crippen molar-refractivity contribution in [3.63, 3.8) is 0 Å². The van der Waals surface area contributed by atoms with Crippen LogP contribution in [0.15, 0.2) is 158 Å². The molecule has 12 aromatic rings. The van der Waals surface area contributed by atoms with Gasteiger partial charge in [0.1, 0.15) is 23.3 Å². The third-order valence-electron chi connectivity index (χ3n) is 20.3. The molecule has 0 amide bonds. The van der Waals surface area contributed by atoms with Crippen LogP contribution in [0.2, 0.25) is 0 Å². The summed E-state index contributed by atoms with van der Waals surface area (Å²) in [6.07, 6.45) is 0. The first-order valence-corrected chi connectivity index (χ1v) is 34.2. The van der Waals surface area contributed by atoms with E-state index >= 15 is 17.6 Å². The Morgan fingerprint density at radius 3 is 1.60 bits per heavy atom. The Balaban J connectivity index is 1.04. The first kappa shape index (κ1) is 61.4. The average Bonchev–Trinajstić information content (AvgIpc) is 1.06. The number of fused-ring (bicyclic) bond motifs is 9. The van der Waals surface area contributed by atoms with Crippen LogP contribution in [0.5, 0.6) is 0 Å². The van der Waals surface area contributed by atoms with Crippen LogP contribution in [0.3, 0.4) is 0 Å². The molecular formula is C81H73B3F4N4S2. The highest BCUT2D eigenvalue weighted by molar-refractivity contribution is 7.33. The lowest BCUT2D eigenvalue weighted by molar-refractivity contribution is 0.591. The maximum absolute atomic E-state index is 17.8. The average molecular weight is 1280 g/mol. The second kappa shape index (κ2) is 22.2. The number of benzene rings is 10. The summed E-state index contributed by atoms with van der Waals surface area (Å²) in [6, 6.07) is 52.2. The van der Waals surface area contributed by atoms with Crippen molar-refractivity contribution in [2.75, 3.05) is 20.0 Å². The predicted octanol–water partition coefficient (Wildman–Crippen LogP) is 17.6. The Morgan fingerprint density at radius 2 is 1.00 bits per heavy atom. The molecule has 2 aromatic heterocycles. The number of hydrogen-bond acceptors (Lipinski definition) is 6. The van der Waals surface area contributed by atoms with Gasteiger partial charge in [0.05, 0.1) is 34.1 Å². The highest BCUT2D eigenvalue weighted by Crippen LogP contribution is 2.50. The van der Waals surface area contributed by atoms with Crippen LogP contribution in [0, 0.1) is 85.6 Å². The molecule has 94 heavy (non-hydrogen) atoms. The standard InChI is InChI=1S/C81H73B3F4N4S2/c1-42-32-49(8)71-67(33-42)92(76-46(5)23-19-27-63(76)88)77-55-37-52(81(13,14)15)29-31-70(55)94-79(77)84(71)57-41-59-66(35-48(57)7)91(75-45(4)22-18-26-62(75)87)68-39-53(90(73-43(2)20-16-24-60(73)85)74-44(3)21-17-25-61(74)86)38-65-72(68)83(59)58-40-56(47(6)34-64(58)89-65)82-78-50(9)54-36-51(80(10,11)12)28-30-69(54)93-78/h16-41,82,89H,1-15H3. The zero-order valence-corrected chi connectivity index (χ0v) is 57.7. The van der Waals surface area contributed by atoms with Crippen LogP contribution < -0.4 is 62.3 Å². The van der Waals surface area contributed by atoms with E-state index in [-0.39, 0.29) is 34.7 Å². The molecule has 466 valence electrons. The quantitative estimate of drug-likeness (QED) is 0.121. The normalized spacial score (nSPS) is 13.3. The van der Waals surface area contributed by atoms with Crippen molar-refractivity contribution in [1.82, 2.24) is 0 Å². The summed E-state index contributed by atoms with van der Waals surface area (Å²) in [7, 11) is 0.715. The largest absolute Gasteiger partial charge is 0.356 e. The molecule has 10 aromatic carbocycles. The molecule has 0 aliphatic carbocycles. The smallest absolute Gasteiger partial charge is 0.259 e. The fourth-order valence-corrected chi connectivity index (χ4v) is 18.0. The predicted molar refractivity (Wildman–Crippen MR) is 399 cm³/mol. The molecular weight excluding hydrogens is 1200 g/mol. The van der Waals surface area contributed by atoms with Crippen LogP contribution in [0.25, 0.3) is 20.2 Å². The van der Waals surface area contributed by atoms with E-state index in [0.717, 1.165) is 98.4 Å². The van der Waals surface area contributed by atoms with E-state index in [2.05, 4.69) is 164 Å². The van der Waals surface area contributed by atoms with Crippen molar-refractivity contribution < 1.29 is 17.6 Å². The number of thiophene rings is 2. The minimum absolute atomic E-state index is 0.00275. The van der Waals surface area contributed by atoms with Crippen molar-refractivity contribution in [1.29, 1.82) is 0 Å². The molecule has 0 unspecified atom stereocenters. The number of nitrogens with one attached hydrogen (secondary N) is 1. The van der Waals surface area contributed by atoms with E-state index in [1.54, 1.807) is 46.6 Å². The van der Waals surface area contributed by atoms with Crippen molar-refractivity contribution in [2.45, 2.75) is 115 Å². The monoisotopic (exact) mass is 1270 g/mol. The molecule has 0 atom stereocenters. The first-order valence-electron chi connectivity index (χ1n) is 32.6. The van der Waals surface area contributed by atoms with Crippen LogP contribution in [-0.2, 0) is 10.8 Å². The van der Waals surface area contributed by atoms with E-state index < -0.39 is 24.2 Å². The van der Waals surface area contributed by atoms with Gasteiger partial charge in [0, 0.05) is 48.0 Å². The summed E-state index contributed by atoms with van der Waals surface area (Å²) in [6.45, 7) is 31.4. The van der Waals surface area contributed by atoms with Gasteiger partial charge in [0.2, 0.25) is 7.28 Å².